The molecule has 2 nitrogen and oxygen atoms in total. The summed E-state index contributed by atoms with van der Waals surface area (Å²) in [5.74, 6) is 0.0526. The second-order valence-corrected chi connectivity index (χ2v) is 7.48. The summed E-state index contributed by atoms with van der Waals surface area (Å²) in [4.78, 5) is 15.0. The summed E-state index contributed by atoms with van der Waals surface area (Å²) < 4.78 is 0. The van der Waals surface area contributed by atoms with Gasteiger partial charge in [0.1, 0.15) is 0 Å². The van der Waals surface area contributed by atoms with Crippen LogP contribution in [-0.2, 0) is 4.79 Å². The molecule has 0 aliphatic carbocycles. The van der Waals surface area contributed by atoms with Crippen LogP contribution >= 0.6 is 23.2 Å². The number of carbonyl (C=O) groups excluding carboxylic acids is 1. The van der Waals surface area contributed by atoms with Gasteiger partial charge < -0.3 is 4.90 Å². The molecule has 0 heterocycles. The fraction of sp³-hybridized carbons (Fsp3) is 0.348. The third kappa shape index (κ3) is 6.71. The minimum Gasteiger partial charge on any atom is -0.339 e. The van der Waals surface area contributed by atoms with E-state index < -0.39 is 0 Å². The predicted octanol–water partition coefficient (Wildman–Crippen LogP) is 6.85. The predicted molar refractivity (Wildman–Crippen MR) is 116 cm³/mol. The summed E-state index contributed by atoms with van der Waals surface area (Å²) in [5.41, 5.74) is 2.80. The molecule has 2 aromatic rings. The first-order valence-electron chi connectivity index (χ1n) is 9.57. The Morgan fingerprint density at radius 2 is 1.22 bits per heavy atom. The summed E-state index contributed by atoms with van der Waals surface area (Å²) in [5, 5.41) is 1.35. The Hall–Kier alpha value is -1.77. The quantitative estimate of drug-likeness (QED) is 0.419. The van der Waals surface area contributed by atoms with Crippen LogP contribution in [-0.4, -0.2) is 23.9 Å². The summed E-state index contributed by atoms with van der Waals surface area (Å²) >= 11 is 12.1. The summed E-state index contributed by atoms with van der Waals surface area (Å²) in [7, 11) is 0. The van der Waals surface area contributed by atoms with Crippen LogP contribution in [0.1, 0.15) is 50.7 Å². The highest BCUT2D eigenvalue weighted by molar-refractivity contribution is 6.31. The molecule has 0 radical (unpaired) electrons. The van der Waals surface area contributed by atoms with Crippen LogP contribution in [0.5, 0.6) is 0 Å². The highest BCUT2D eigenvalue weighted by Crippen LogP contribution is 2.26. The van der Waals surface area contributed by atoms with Gasteiger partial charge in [0.05, 0.1) is 0 Å². The van der Waals surface area contributed by atoms with Crippen LogP contribution in [0.3, 0.4) is 0 Å². The molecule has 1 amide bonds. The number of unbranched alkanes of at least 4 members (excludes halogenated alkanes) is 2. The molecule has 0 saturated heterocycles. The Kier molecular flexibility index (Phi) is 8.90. The number of carbonyl (C=O) groups is 1. The van der Waals surface area contributed by atoms with Gasteiger partial charge in [-0.05, 0) is 53.8 Å². The molecule has 0 N–H and O–H groups in total. The fourth-order valence-corrected chi connectivity index (χ4v) is 3.09. The number of nitrogens with zero attached hydrogens (tertiary/aromatic N) is 1. The molecule has 0 bridgehead atoms. The normalized spacial score (nSPS) is 10.5. The zero-order valence-corrected chi connectivity index (χ0v) is 17.6. The van der Waals surface area contributed by atoms with Gasteiger partial charge in [0, 0.05) is 29.2 Å². The van der Waals surface area contributed by atoms with Gasteiger partial charge in [-0.2, -0.15) is 0 Å². The molecule has 4 heteroatoms. The molecule has 144 valence electrons. The Morgan fingerprint density at radius 3 is 1.59 bits per heavy atom. The first kappa shape index (κ1) is 21.5. The lowest BCUT2D eigenvalue weighted by molar-refractivity contribution is -0.126. The molecule has 2 rings (SSSR count). The van der Waals surface area contributed by atoms with Gasteiger partial charge in [-0.25, -0.2) is 0 Å². The molecule has 2 aromatic carbocycles. The minimum absolute atomic E-state index is 0.0526. The average molecular weight is 404 g/mol. The number of halogens is 2. The topological polar surface area (TPSA) is 20.3 Å². The van der Waals surface area contributed by atoms with Gasteiger partial charge >= 0.3 is 0 Å². The van der Waals surface area contributed by atoms with Crippen LogP contribution in [0.2, 0.25) is 10.0 Å². The van der Waals surface area contributed by atoms with Crippen molar-refractivity contribution in [2.24, 2.45) is 0 Å². The van der Waals surface area contributed by atoms with E-state index in [-0.39, 0.29) is 5.91 Å². The van der Waals surface area contributed by atoms with Crippen LogP contribution in [0.4, 0.5) is 0 Å². The monoisotopic (exact) mass is 403 g/mol. The molecule has 0 aliphatic heterocycles. The van der Waals surface area contributed by atoms with Gasteiger partial charge in [0.2, 0.25) is 5.91 Å². The maximum Gasteiger partial charge on any atom is 0.247 e. The summed E-state index contributed by atoms with van der Waals surface area (Å²) in [6, 6.07) is 15.1. The van der Waals surface area contributed by atoms with Crippen molar-refractivity contribution in [2.75, 3.05) is 13.1 Å². The molecule has 0 aromatic heterocycles. The molecule has 0 spiro atoms. The van der Waals surface area contributed by atoms with Crippen LogP contribution in [0.15, 0.2) is 54.6 Å². The molecule has 0 unspecified atom stereocenters. The molecular weight excluding hydrogens is 377 g/mol. The molecule has 0 atom stereocenters. The lowest BCUT2D eigenvalue weighted by Gasteiger charge is -2.21. The maximum atomic E-state index is 13.0. The van der Waals surface area contributed by atoms with Gasteiger partial charge in [-0.1, -0.05) is 74.2 Å². The lowest BCUT2D eigenvalue weighted by atomic mass is 9.97. The Bertz CT molecular complexity index is 695. The number of amides is 1. The molecule has 0 aliphatic rings. The van der Waals surface area contributed by atoms with Crippen molar-refractivity contribution in [1.29, 1.82) is 0 Å². The van der Waals surface area contributed by atoms with E-state index in [0.29, 0.717) is 10.0 Å². The van der Waals surface area contributed by atoms with Gasteiger partial charge in [-0.3, -0.25) is 4.79 Å². The zero-order chi connectivity index (χ0) is 19.6. The van der Waals surface area contributed by atoms with Crippen molar-refractivity contribution in [3.8, 4) is 0 Å². The van der Waals surface area contributed by atoms with Crippen molar-refractivity contribution in [1.82, 2.24) is 4.90 Å². The first-order chi connectivity index (χ1) is 13.0. The second-order valence-electron chi connectivity index (χ2n) is 6.60. The average Bonchev–Trinajstić information content (AvgIpc) is 2.68. The lowest BCUT2D eigenvalue weighted by Crippen LogP contribution is -2.31. The van der Waals surface area contributed by atoms with E-state index in [1.165, 1.54) is 0 Å². The largest absolute Gasteiger partial charge is 0.339 e. The zero-order valence-electron chi connectivity index (χ0n) is 16.1. The fourth-order valence-electron chi connectivity index (χ4n) is 2.84. The Labute approximate surface area is 172 Å². The van der Waals surface area contributed by atoms with Crippen molar-refractivity contribution >= 4 is 34.7 Å². The third-order valence-corrected chi connectivity index (χ3v) is 4.96. The number of rotatable bonds is 9. The van der Waals surface area contributed by atoms with Crippen molar-refractivity contribution in [3.05, 3.63) is 75.8 Å². The van der Waals surface area contributed by atoms with Crippen LogP contribution < -0.4 is 0 Å². The van der Waals surface area contributed by atoms with Crippen molar-refractivity contribution < 1.29 is 4.79 Å². The van der Waals surface area contributed by atoms with E-state index in [9.17, 15) is 4.79 Å². The first-order valence-corrected chi connectivity index (χ1v) is 10.3. The highest BCUT2D eigenvalue weighted by atomic mass is 35.5. The molecule has 0 fully saturated rings. The molecule has 27 heavy (non-hydrogen) atoms. The van der Waals surface area contributed by atoms with E-state index in [1.54, 1.807) is 6.08 Å². The number of benzene rings is 2. The van der Waals surface area contributed by atoms with Gasteiger partial charge in [0.15, 0.2) is 0 Å². The van der Waals surface area contributed by atoms with E-state index >= 15 is 0 Å². The van der Waals surface area contributed by atoms with Gasteiger partial charge in [0.25, 0.3) is 0 Å². The van der Waals surface area contributed by atoms with E-state index in [0.717, 1.165) is 55.5 Å². The molecular formula is C23H27Cl2NO. The second kappa shape index (κ2) is 11.2. The highest BCUT2D eigenvalue weighted by Gasteiger charge is 2.14. The standard InChI is InChI=1S/C23H27Cl2NO/c1-3-5-15-26(16-6-4-2)23(27)17-22(18-7-11-20(24)12-8-18)19-9-13-21(25)14-10-19/h7-14,17H,3-6,15-16H2,1-2H3. The third-order valence-electron chi connectivity index (χ3n) is 4.45. The molecule has 0 saturated carbocycles. The van der Waals surface area contributed by atoms with Crippen molar-refractivity contribution in [2.45, 2.75) is 39.5 Å². The summed E-state index contributed by atoms with van der Waals surface area (Å²) in [6.45, 7) is 5.87. The van der Waals surface area contributed by atoms with Crippen LogP contribution in [0, 0.1) is 0 Å². The summed E-state index contributed by atoms with van der Waals surface area (Å²) in [6.07, 6.45) is 5.92. The van der Waals surface area contributed by atoms with E-state index in [1.807, 2.05) is 53.4 Å². The van der Waals surface area contributed by atoms with E-state index in [2.05, 4.69) is 13.8 Å². The Balaban J connectivity index is 2.39. The number of hydrogen-bond acceptors (Lipinski definition) is 1. The van der Waals surface area contributed by atoms with Crippen LogP contribution in [0.25, 0.3) is 5.57 Å². The smallest absolute Gasteiger partial charge is 0.247 e. The van der Waals surface area contributed by atoms with E-state index in [4.69, 9.17) is 23.2 Å². The SMILES string of the molecule is CCCCN(CCCC)C(=O)C=C(c1ccc(Cl)cc1)c1ccc(Cl)cc1. The van der Waals surface area contributed by atoms with Crippen molar-refractivity contribution in [3.63, 3.8) is 0 Å². The number of hydrogen-bond donors (Lipinski definition) is 0. The maximum absolute atomic E-state index is 13.0. The van der Waals surface area contributed by atoms with Gasteiger partial charge in [-0.15, -0.1) is 0 Å². The minimum atomic E-state index is 0.0526. The Morgan fingerprint density at radius 1 is 0.815 bits per heavy atom.